The van der Waals surface area contributed by atoms with Crippen molar-refractivity contribution < 1.29 is 9.13 Å². The van der Waals surface area contributed by atoms with Gasteiger partial charge in [-0.2, -0.15) is 0 Å². The molecule has 2 aromatic heterocycles. The largest absolute Gasteiger partial charge is 0.497 e. The second kappa shape index (κ2) is 6.80. The van der Waals surface area contributed by atoms with Crippen LogP contribution in [-0.2, 0) is 0 Å². The Morgan fingerprint density at radius 1 is 0.962 bits per heavy atom. The quantitative estimate of drug-likeness (QED) is 0.553. The van der Waals surface area contributed by atoms with Crippen LogP contribution in [0.5, 0.6) is 5.75 Å². The van der Waals surface area contributed by atoms with E-state index >= 15 is 4.39 Å². The molecule has 0 bridgehead atoms. The maximum absolute atomic E-state index is 15.4. The monoisotopic (exact) mass is 345 g/mol. The summed E-state index contributed by atoms with van der Waals surface area (Å²) >= 11 is 0. The lowest BCUT2D eigenvalue weighted by atomic mass is 10.1. The SMILES string of the molecule is COc1cccc(-c2nc3ccccc3c(Nc3ccncc3)c2F)c1. The van der Waals surface area contributed by atoms with E-state index in [1.165, 1.54) is 0 Å². The van der Waals surface area contributed by atoms with Crippen LogP contribution in [0.3, 0.4) is 0 Å². The first-order chi connectivity index (χ1) is 12.8. The van der Waals surface area contributed by atoms with E-state index in [9.17, 15) is 0 Å². The number of ether oxygens (including phenoxy) is 1. The van der Waals surface area contributed by atoms with Crippen LogP contribution in [0.2, 0.25) is 0 Å². The highest BCUT2D eigenvalue weighted by atomic mass is 19.1. The Balaban J connectivity index is 1.93. The Morgan fingerprint density at radius 2 is 1.77 bits per heavy atom. The summed E-state index contributed by atoms with van der Waals surface area (Å²) in [5, 5.41) is 3.88. The zero-order chi connectivity index (χ0) is 17.9. The second-order valence-corrected chi connectivity index (χ2v) is 5.76. The number of pyridine rings is 2. The Morgan fingerprint density at radius 3 is 2.58 bits per heavy atom. The molecule has 2 aromatic carbocycles. The average Bonchev–Trinajstić information content (AvgIpc) is 2.70. The summed E-state index contributed by atoms with van der Waals surface area (Å²) < 4.78 is 20.7. The maximum Gasteiger partial charge on any atom is 0.173 e. The molecule has 5 heteroatoms. The molecule has 0 atom stereocenters. The van der Waals surface area contributed by atoms with Crippen LogP contribution in [-0.4, -0.2) is 17.1 Å². The van der Waals surface area contributed by atoms with Gasteiger partial charge in [0.1, 0.15) is 11.4 Å². The molecule has 2 heterocycles. The van der Waals surface area contributed by atoms with Crippen molar-refractivity contribution >= 4 is 22.3 Å². The third kappa shape index (κ3) is 2.95. The molecule has 0 saturated carbocycles. The molecule has 0 radical (unpaired) electrons. The number of para-hydroxylation sites is 1. The van der Waals surface area contributed by atoms with Gasteiger partial charge in [-0.3, -0.25) is 4.98 Å². The number of hydrogen-bond acceptors (Lipinski definition) is 4. The highest BCUT2D eigenvalue weighted by Gasteiger charge is 2.17. The van der Waals surface area contributed by atoms with E-state index in [0.717, 1.165) is 5.69 Å². The van der Waals surface area contributed by atoms with Gasteiger partial charge in [0.25, 0.3) is 0 Å². The molecule has 0 aliphatic heterocycles. The first-order valence-corrected chi connectivity index (χ1v) is 8.16. The molecule has 4 nitrogen and oxygen atoms in total. The standard InChI is InChI=1S/C21H16FN3O/c1-26-16-6-4-5-14(13-16)20-19(22)21(24-15-9-11-23-12-10-15)17-7-2-3-8-18(17)25-20/h2-13H,1H3,(H,23,24,25). The molecule has 0 aliphatic carbocycles. The zero-order valence-corrected chi connectivity index (χ0v) is 14.1. The number of benzene rings is 2. The van der Waals surface area contributed by atoms with Gasteiger partial charge in [0.05, 0.1) is 18.3 Å². The summed E-state index contributed by atoms with van der Waals surface area (Å²) in [6.07, 6.45) is 3.32. The highest BCUT2D eigenvalue weighted by molar-refractivity contribution is 5.95. The van der Waals surface area contributed by atoms with E-state index in [2.05, 4.69) is 15.3 Å². The van der Waals surface area contributed by atoms with Crippen molar-refractivity contribution in [3.05, 3.63) is 78.9 Å². The number of fused-ring (bicyclic) bond motifs is 1. The fourth-order valence-corrected chi connectivity index (χ4v) is 2.85. The van der Waals surface area contributed by atoms with E-state index in [0.29, 0.717) is 27.9 Å². The lowest BCUT2D eigenvalue weighted by molar-refractivity contribution is 0.415. The van der Waals surface area contributed by atoms with Gasteiger partial charge >= 0.3 is 0 Å². The molecule has 4 rings (SSSR count). The molecule has 0 aliphatic rings. The lowest BCUT2D eigenvalue weighted by Crippen LogP contribution is -2.00. The Kier molecular flexibility index (Phi) is 4.19. The van der Waals surface area contributed by atoms with Gasteiger partial charge in [-0.05, 0) is 30.3 Å². The third-order valence-electron chi connectivity index (χ3n) is 4.13. The van der Waals surface area contributed by atoms with E-state index in [4.69, 9.17) is 4.74 Å². The number of halogens is 1. The molecule has 0 fully saturated rings. The van der Waals surface area contributed by atoms with Crippen molar-refractivity contribution in [3.8, 4) is 17.0 Å². The molecule has 4 aromatic rings. The summed E-state index contributed by atoms with van der Waals surface area (Å²) in [5.74, 6) is 0.245. The summed E-state index contributed by atoms with van der Waals surface area (Å²) in [4.78, 5) is 8.54. The molecule has 26 heavy (non-hydrogen) atoms. The first-order valence-electron chi connectivity index (χ1n) is 8.16. The Hall–Kier alpha value is -3.47. The fraction of sp³-hybridized carbons (Fsp3) is 0.0476. The summed E-state index contributed by atoms with van der Waals surface area (Å²) in [6, 6.07) is 18.3. The average molecular weight is 345 g/mol. The van der Waals surface area contributed by atoms with Gasteiger partial charge in [-0.1, -0.05) is 30.3 Å². The minimum absolute atomic E-state index is 0.277. The highest BCUT2D eigenvalue weighted by Crippen LogP contribution is 2.35. The molecular formula is C21H16FN3O. The summed E-state index contributed by atoms with van der Waals surface area (Å²) in [7, 11) is 1.58. The number of nitrogens with one attached hydrogen (secondary N) is 1. The van der Waals surface area contributed by atoms with Crippen molar-refractivity contribution in [3.63, 3.8) is 0 Å². The topological polar surface area (TPSA) is 47.0 Å². The minimum Gasteiger partial charge on any atom is -0.497 e. The van der Waals surface area contributed by atoms with Crippen molar-refractivity contribution in [2.45, 2.75) is 0 Å². The predicted octanol–water partition coefficient (Wildman–Crippen LogP) is 5.19. The number of aromatic nitrogens is 2. The Labute approximate surface area is 150 Å². The van der Waals surface area contributed by atoms with Crippen molar-refractivity contribution in [2.75, 3.05) is 12.4 Å². The van der Waals surface area contributed by atoms with Gasteiger partial charge in [-0.15, -0.1) is 0 Å². The lowest BCUT2D eigenvalue weighted by Gasteiger charge is -2.14. The van der Waals surface area contributed by atoms with E-state index < -0.39 is 5.82 Å². The molecule has 0 spiro atoms. The smallest absolute Gasteiger partial charge is 0.173 e. The van der Waals surface area contributed by atoms with Crippen molar-refractivity contribution in [2.24, 2.45) is 0 Å². The molecule has 128 valence electrons. The fourth-order valence-electron chi connectivity index (χ4n) is 2.85. The van der Waals surface area contributed by atoms with E-state index in [-0.39, 0.29) is 5.69 Å². The van der Waals surface area contributed by atoms with E-state index in [1.54, 1.807) is 37.7 Å². The zero-order valence-electron chi connectivity index (χ0n) is 14.1. The first kappa shape index (κ1) is 16.0. The van der Waals surface area contributed by atoms with E-state index in [1.807, 2.05) is 42.5 Å². The van der Waals surface area contributed by atoms with Crippen LogP contribution in [0, 0.1) is 5.82 Å². The minimum atomic E-state index is -0.409. The molecule has 1 N–H and O–H groups in total. The molecule has 0 saturated heterocycles. The van der Waals surface area contributed by atoms with Crippen molar-refractivity contribution in [1.82, 2.24) is 9.97 Å². The van der Waals surface area contributed by atoms with Gasteiger partial charge in [-0.25, -0.2) is 9.37 Å². The number of nitrogens with zero attached hydrogens (tertiary/aromatic N) is 2. The van der Waals surface area contributed by atoms with Crippen LogP contribution >= 0.6 is 0 Å². The van der Waals surface area contributed by atoms with Crippen LogP contribution in [0.1, 0.15) is 0 Å². The third-order valence-corrected chi connectivity index (χ3v) is 4.13. The van der Waals surface area contributed by atoms with Crippen LogP contribution in [0.4, 0.5) is 15.8 Å². The normalized spacial score (nSPS) is 10.7. The van der Waals surface area contributed by atoms with Crippen LogP contribution in [0.15, 0.2) is 73.1 Å². The molecule has 0 unspecified atom stereocenters. The van der Waals surface area contributed by atoms with Crippen LogP contribution < -0.4 is 10.1 Å². The Bertz CT molecular complexity index is 1070. The van der Waals surface area contributed by atoms with Gasteiger partial charge in [0, 0.05) is 29.0 Å². The van der Waals surface area contributed by atoms with Crippen molar-refractivity contribution in [1.29, 1.82) is 0 Å². The summed E-state index contributed by atoms with van der Waals surface area (Å²) in [5.41, 5.74) is 2.79. The second-order valence-electron chi connectivity index (χ2n) is 5.76. The van der Waals surface area contributed by atoms with Gasteiger partial charge in [0.2, 0.25) is 0 Å². The number of methoxy groups -OCH3 is 1. The maximum atomic E-state index is 15.4. The predicted molar refractivity (Wildman–Crippen MR) is 101 cm³/mol. The van der Waals surface area contributed by atoms with Crippen LogP contribution in [0.25, 0.3) is 22.2 Å². The number of rotatable bonds is 4. The molecule has 0 amide bonds. The van der Waals surface area contributed by atoms with Gasteiger partial charge in [0.15, 0.2) is 5.82 Å². The number of anilines is 2. The summed E-state index contributed by atoms with van der Waals surface area (Å²) in [6.45, 7) is 0. The molecular weight excluding hydrogens is 329 g/mol. The number of hydrogen-bond donors (Lipinski definition) is 1. The van der Waals surface area contributed by atoms with Gasteiger partial charge < -0.3 is 10.1 Å².